The largest absolute Gasteiger partial charge is 0.329 e. The van der Waals surface area contributed by atoms with Gasteiger partial charge in [-0.05, 0) is 12.1 Å². The lowest BCUT2D eigenvalue weighted by molar-refractivity contribution is -0.125. The summed E-state index contributed by atoms with van der Waals surface area (Å²) in [6, 6.07) is 2.79. The first-order valence-corrected chi connectivity index (χ1v) is 4.84. The summed E-state index contributed by atoms with van der Waals surface area (Å²) in [5.41, 5.74) is 5.90. The Labute approximate surface area is 93.4 Å². The maximum atomic E-state index is 11.7. The summed E-state index contributed by atoms with van der Waals surface area (Å²) >= 11 is 0. The lowest BCUT2D eigenvalue weighted by Gasteiger charge is -2.18. The Morgan fingerprint density at radius 2 is 2.06 bits per heavy atom. The van der Waals surface area contributed by atoms with Gasteiger partial charge in [0.05, 0.1) is 0 Å². The Kier molecular flexibility index (Phi) is 4.41. The summed E-state index contributed by atoms with van der Waals surface area (Å²) in [6.45, 7) is 1.76. The van der Waals surface area contributed by atoms with Crippen LogP contribution in [0, 0.1) is 0 Å². The predicted molar refractivity (Wildman–Crippen MR) is 59.7 cm³/mol. The smallest absolute Gasteiger partial charge is 0.328 e. The molecule has 0 aliphatic carbocycles. The number of nitrogens with two attached hydrogens (primary N) is 1. The number of imide groups is 1. The van der Waals surface area contributed by atoms with Gasteiger partial charge in [-0.25, -0.2) is 4.79 Å². The number of aromatic nitrogens is 1. The summed E-state index contributed by atoms with van der Waals surface area (Å²) in [5.74, 6) is -0.336. The Morgan fingerprint density at radius 1 is 1.44 bits per heavy atom. The van der Waals surface area contributed by atoms with Crippen molar-refractivity contribution in [3.05, 3.63) is 24.5 Å². The fourth-order valence-electron chi connectivity index (χ4n) is 1.16. The second kappa shape index (κ2) is 5.82. The van der Waals surface area contributed by atoms with E-state index in [0.717, 1.165) is 4.90 Å². The molecule has 1 aromatic heterocycles. The van der Waals surface area contributed by atoms with Gasteiger partial charge in [0.25, 0.3) is 0 Å². The van der Waals surface area contributed by atoms with Crippen LogP contribution in [0.2, 0.25) is 0 Å². The van der Waals surface area contributed by atoms with Crippen molar-refractivity contribution in [2.75, 3.05) is 18.4 Å². The van der Waals surface area contributed by atoms with Gasteiger partial charge in [0.15, 0.2) is 0 Å². The van der Waals surface area contributed by atoms with E-state index >= 15 is 0 Å². The molecule has 0 saturated carbocycles. The van der Waals surface area contributed by atoms with E-state index in [1.807, 2.05) is 0 Å². The van der Waals surface area contributed by atoms with E-state index in [-0.39, 0.29) is 19.0 Å². The molecule has 1 rings (SSSR count). The normalized spacial score (nSPS) is 9.62. The summed E-state index contributed by atoms with van der Waals surface area (Å²) < 4.78 is 0. The van der Waals surface area contributed by atoms with Crippen LogP contribution in [0.25, 0.3) is 0 Å². The quantitative estimate of drug-likeness (QED) is 0.775. The molecule has 86 valence electrons. The van der Waals surface area contributed by atoms with Crippen molar-refractivity contribution in [2.24, 2.45) is 5.73 Å². The second-order valence-electron chi connectivity index (χ2n) is 3.13. The molecule has 1 heterocycles. The van der Waals surface area contributed by atoms with Gasteiger partial charge in [0.2, 0.25) is 5.91 Å². The summed E-state index contributed by atoms with van der Waals surface area (Å²) in [5, 5.41) is 2.58. The van der Waals surface area contributed by atoms with Gasteiger partial charge >= 0.3 is 6.03 Å². The van der Waals surface area contributed by atoms with Crippen molar-refractivity contribution < 1.29 is 9.59 Å². The van der Waals surface area contributed by atoms with Gasteiger partial charge in [0.1, 0.15) is 0 Å². The van der Waals surface area contributed by atoms with Crippen LogP contribution in [0.1, 0.15) is 6.92 Å². The molecule has 16 heavy (non-hydrogen) atoms. The third-order valence-electron chi connectivity index (χ3n) is 1.91. The van der Waals surface area contributed by atoms with Crippen molar-refractivity contribution >= 4 is 17.6 Å². The fraction of sp³-hybridized carbons (Fsp3) is 0.300. The Hall–Kier alpha value is -1.95. The van der Waals surface area contributed by atoms with Crippen molar-refractivity contribution in [3.8, 4) is 0 Å². The SMILES string of the molecule is CC(=O)N(CCN)C(=O)Nc1ccncc1. The third-order valence-corrected chi connectivity index (χ3v) is 1.91. The number of hydrogen-bond donors (Lipinski definition) is 2. The molecule has 3 amide bonds. The van der Waals surface area contributed by atoms with E-state index in [4.69, 9.17) is 5.73 Å². The van der Waals surface area contributed by atoms with Crippen LogP contribution < -0.4 is 11.1 Å². The first-order chi connectivity index (χ1) is 7.65. The van der Waals surface area contributed by atoms with Crippen LogP contribution in [0.5, 0.6) is 0 Å². The molecule has 0 radical (unpaired) electrons. The van der Waals surface area contributed by atoms with E-state index in [2.05, 4.69) is 10.3 Å². The van der Waals surface area contributed by atoms with E-state index in [0.29, 0.717) is 5.69 Å². The highest BCUT2D eigenvalue weighted by atomic mass is 16.2. The monoisotopic (exact) mass is 222 g/mol. The van der Waals surface area contributed by atoms with Crippen LogP contribution in [-0.2, 0) is 4.79 Å². The lowest BCUT2D eigenvalue weighted by Crippen LogP contribution is -2.41. The number of amides is 3. The lowest BCUT2D eigenvalue weighted by atomic mass is 10.4. The number of nitrogens with one attached hydrogen (secondary N) is 1. The van der Waals surface area contributed by atoms with Crippen molar-refractivity contribution in [3.63, 3.8) is 0 Å². The molecule has 6 nitrogen and oxygen atoms in total. The molecule has 6 heteroatoms. The maximum absolute atomic E-state index is 11.7. The molecule has 3 N–H and O–H groups in total. The number of urea groups is 1. The van der Waals surface area contributed by atoms with Crippen molar-refractivity contribution in [2.45, 2.75) is 6.92 Å². The van der Waals surface area contributed by atoms with Crippen molar-refractivity contribution in [1.29, 1.82) is 0 Å². The van der Waals surface area contributed by atoms with Crippen LogP contribution in [0.15, 0.2) is 24.5 Å². The minimum Gasteiger partial charge on any atom is -0.329 e. The minimum atomic E-state index is -0.482. The zero-order chi connectivity index (χ0) is 12.0. The van der Waals surface area contributed by atoms with Gasteiger partial charge < -0.3 is 11.1 Å². The van der Waals surface area contributed by atoms with E-state index in [1.54, 1.807) is 24.5 Å². The summed E-state index contributed by atoms with van der Waals surface area (Å²) in [6.07, 6.45) is 3.10. The standard InChI is InChI=1S/C10H14N4O2/c1-8(15)14(7-4-11)10(16)13-9-2-5-12-6-3-9/h2-3,5-6H,4,7,11H2,1H3,(H,12,13,16). The molecular weight excluding hydrogens is 208 g/mol. The highest BCUT2D eigenvalue weighted by Gasteiger charge is 2.16. The fourth-order valence-corrected chi connectivity index (χ4v) is 1.16. The topological polar surface area (TPSA) is 88.3 Å². The number of carbonyl (C=O) groups excluding carboxylic acids is 2. The first-order valence-electron chi connectivity index (χ1n) is 4.84. The molecule has 1 aromatic rings. The van der Waals surface area contributed by atoms with Gasteiger partial charge in [-0.2, -0.15) is 0 Å². The Morgan fingerprint density at radius 3 is 2.56 bits per heavy atom. The molecule has 0 bridgehead atoms. The zero-order valence-corrected chi connectivity index (χ0v) is 9.01. The number of pyridine rings is 1. The Balaban J connectivity index is 2.66. The molecule has 0 spiro atoms. The average molecular weight is 222 g/mol. The van der Waals surface area contributed by atoms with E-state index in [9.17, 15) is 9.59 Å². The zero-order valence-electron chi connectivity index (χ0n) is 9.01. The van der Waals surface area contributed by atoms with Gasteiger partial charge in [-0.3, -0.25) is 14.7 Å². The van der Waals surface area contributed by atoms with Crippen LogP contribution in [0.4, 0.5) is 10.5 Å². The molecule has 0 aromatic carbocycles. The molecule has 0 atom stereocenters. The molecular formula is C10H14N4O2. The molecule has 0 aliphatic heterocycles. The van der Waals surface area contributed by atoms with Gasteiger partial charge in [0, 0.05) is 38.1 Å². The first kappa shape index (κ1) is 12.1. The number of anilines is 1. The third kappa shape index (κ3) is 3.32. The number of nitrogens with zero attached hydrogens (tertiary/aromatic N) is 2. The number of carbonyl (C=O) groups is 2. The number of hydrogen-bond acceptors (Lipinski definition) is 4. The summed E-state index contributed by atoms with van der Waals surface area (Å²) in [7, 11) is 0. The van der Waals surface area contributed by atoms with Crippen LogP contribution >= 0.6 is 0 Å². The summed E-state index contributed by atoms with van der Waals surface area (Å²) in [4.78, 5) is 27.7. The maximum Gasteiger partial charge on any atom is 0.328 e. The molecule has 0 unspecified atom stereocenters. The van der Waals surface area contributed by atoms with E-state index in [1.165, 1.54) is 6.92 Å². The minimum absolute atomic E-state index is 0.201. The van der Waals surface area contributed by atoms with Crippen LogP contribution in [0.3, 0.4) is 0 Å². The van der Waals surface area contributed by atoms with Gasteiger partial charge in [-0.15, -0.1) is 0 Å². The molecule has 0 saturated heterocycles. The van der Waals surface area contributed by atoms with Gasteiger partial charge in [-0.1, -0.05) is 0 Å². The van der Waals surface area contributed by atoms with Crippen molar-refractivity contribution in [1.82, 2.24) is 9.88 Å². The Bertz CT molecular complexity index is 366. The molecule has 0 fully saturated rings. The number of rotatable bonds is 3. The predicted octanol–water partition coefficient (Wildman–Crippen LogP) is 0.421. The van der Waals surface area contributed by atoms with Crippen LogP contribution in [-0.4, -0.2) is 34.9 Å². The highest BCUT2D eigenvalue weighted by Crippen LogP contribution is 2.05. The highest BCUT2D eigenvalue weighted by molar-refractivity contribution is 6.00. The average Bonchev–Trinajstić information content (AvgIpc) is 2.26. The second-order valence-corrected chi connectivity index (χ2v) is 3.13. The van der Waals surface area contributed by atoms with E-state index < -0.39 is 6.03 Å². The molecule has 0 aliphatic rings.